The number of benzene rings is 1. The number of hydrogen-bond acceptors (Lipinski definition) is 1. The predicted octanol–water partition coefficient (Wildman–Crippen LogP) is 2.97. The summed E-state index contributed by atoms with van der Waals surface area (Å²) in [6, 6.07) is 2.94. The molecule has 0 atom stereocenters. The smallest absolute Gasteiger partial charge is 0.145 e. The summed E-state index contributed by atoms with van der Waals surface area (Å²) in [4.78, 5) is 2.93. The van der Waals surface area contributed by atoms with Gasteiger partial charge in [0, 0.05) is 6.20 Å². The molecule has 0 bridgehead atoms. The maximum Gasteiger partial charge on any atom is 0.145 e. The summed E-state index contributed by atoms with van der Waals surface area (Å²) < 4.78 is 18.1. The quantitative estimate of drug-likeness (QED) is 0.751. The van der Waals surface area contributed by atoms with Crippen LogP contribution in [0.2, 0.25) is 5.02 Å². The zero-order valence-electron chi connectivity index (χ0n) is 6.90. The lowest BCUT2D eigenvalue weighted by Crippen LogP contribution is -1.82. The van der Waals surface area contributed by atoms with Crippen molar-refractivity contribution < 1.29 is 9.13 Å². The molecule has 0 spiro atoms. The Morgan fingerprint density at radius 2 is 2.23 bits per heavy atom. The van der Waals surface area contributed by atoms with E-state index >= 15 is 0 Å². The molecular formula is C9H7ClFNO. The molecule has 4 heteroatoms. The Morgan fingerprint density at radius 1 is 1.46 bits per heavy atom. The highest BCUT2D eigenvalue weighted by Gasteiger charge is 2.11. The Balaban J connectivity index is 2.85. The van der Waals surface area contributed by atoms with E-state index in [9.17, 15) is 4.39 Å². The first-order valence-electron chi connectivity index (χ1n) is 3.73. The molecule has 13 heavy (non-hydrogen) atoms. The van der Waals surface area contributed by atoms with Gasteiger partial charge in [-0.2, -0.15) is 0 Å². The van der Waals surface area contributed by atoms with Crippen LogP contribution in [0.1, 0.15) is 0 Å². The summed E-state index contributed by atoms with van der Waals surface area (Å²) in [5.41, 5.74) is 0.767. The number of aromatic nitrogens is 1. The van der Waals surface area contributed by atoms with Gasteiger partial charge in [-0.1, -0.05) is 11.6 Å². The summed E-state index contributed by atoms with van der Waals surface area (Å²) in [6.07, 6.45) is 1.65. The number of H-pyrrole nitrogens is 1. The fraction of sp³-hybridized carbons (Fsp3) is 0.111. The molecule has 0 radical (unpaired) electrons. The summed E-state index contributed by atoms with van der Waals surface area (Å²) in [5, 5.41) is 0.680. The number of aromatic amines is 1. The van der Waals surface area contributed by atoms with Gasteiger partial charge in [0.2, 0.25) is 0 Å². The summed E-state index contributed by atoms with van der Waals surface area (Å²) in [6.45, 7) is 0. The molecular weight excluding hydrogens is 193 g/mol. The average molecular weight is 200 g/mol. The molecule has 0 amide bonds. The lowest BCUT2D eigenvalue weighted by molar-refractivity contribution is 0.419. The van der Waals surface area contributed by atoms with E-state index in [1.807, 2.05) is 0 Å². The summed E-state index contributed by atoms with van der Waals surface area (Å²) in [7, 11) is 1.52. The van der Waals surface area contributed by atoms with Crippen LogP contribution >= 0.6 is 11.6 Å². The normalized spacial score (nSPS) is 10.7. The van der Waals surface area contributed by atoms with Crippen LogP contribution in [0.25, 0.3) is 10.9 Å². The van der Waals surface area contributed by atoms with E-state index in [0.717, 1.165) is 5.52 Å². The first-order valence-corrected chi connectivity index (χ1v) is 4.11. The number of nitrogens with one attached hydrogen (secondary N) is 1. The number of fused-ring (bicyclic) bond motifs is 1. The van der Waals surface area contributed by atoms with Gasteiger partial charge in [-0.25, -0.2) is 4.39 Å². The SMILES string of the molecule is COc1c[nH]c2ccc(F)c(Cl)c12. The second-order valence-electron chi connectivity index (χ2n) is 2.64. The number of rotatable bonds is 1. The van der Waals surface area contributed by atoms with Crippen molar-refractivity contribution in [3.05, 3.63) is 29.2 Å². The van der Waals surface area contributed by atoms with E-state index in [-0.39, 0.29) is 5.02 Å². The van der Waals surface area contributed by atoms with Gasteiger partial charge < -0.3 is 9.72 Å². The van der Waals surface area contributed by atoms with E-state index in [4.69, 9.17) is 16.3 Å². The van der Waals surface area contributed by atoms with Crippen molar-refractivity contribution in [3.63, 3.8) is 0 Å². The lowest BCUT2D eigenvalue weighted by Gasteiger charge is -1.99. The summed E-state index contributed by atoms with van der Waals surface area (Å²) >= 11 is 5.78. The van der Waals surface area contributed by atoms with Gasteiger partial charge >= 0.3 is 0 Å². The van der Waals surface area contributed by atoms with E-state index in [1.165, 1.54) is 13.2 Å². The molecule has 0 aliphatic carbocycles. The fourth-order valence-electron chi connectivity index (χ4n) is 1.29. The third kappa shape index (κ3) is 1.16. The molecule has 1 aromatic carbocycles. The Bertz CT molecular complexity index is 452. The molecule has 0 fully saturated rings. The Labute approximate surface area is 79.3 Å². The van der Waals surface area contributed by atoms with E-state index in [1.54, 1.807) is 12.3 Å². The molecule has 2 rings (SSSR count). The zero-order valence-corrected chi connectivity index (χ0v) is 7.65. The Morgan fingerprint density at radius 3 is 2.92 bits per heavy atom. The Kier molecular flexibility index (Phi) is 1.88. The van der Waals surface area contributed by atoms with Crippen LogP contribution in [0.3, 0.4) is 0 Å². The minimum absolute atomic E-state index is 0.0931. The lowest BCUT2D eigenvalue weighted by atomic mass is 10.2. The average Bonchev–Trinajstić information content (AvgIpc) is 2.55. The van der Waals surface area contributed by atoms with Crippen LogP contribution in [0.15, 0.2) is 18.3 Å². The van der Waals surface area contributed by atoms with E-state index in [0.29, 0.717) is 11.1 Å². The number of methoxy groups -OCH3 is 1. The van der Waals surface area contributed by atoms with Crippen molar-refractivity contribution in [3.8, 4) is 5.75 Å². The maximum atomic E-state index is 13.0. The number of halogens is 2. The van der Waals surface area contributed by atoms with Crippen LogP contribution in [0, 0.1) is 5.82 Å². The molecule has 1 heterocycles. The first kappa shape index (κ1) is 8.38. The molecule has 2 nitrogen and oxygen atoms in total. The zero-order chi connectivity index (χ0) is 9.42. The van der Waals surface area contributed by atoms with Crippen LogP contribution in [0.4, 0.5) is 4.39 Å². The molecule has 2 aromatic rings. The second kappa shape index (κ2) is 2.92. The molecule has 0 aliphatic rings. The van der Waals surface area contributed by atoms with Crippen molar-refractivity contribution in [1.29, 1.82) is 0 Å². The van der Waals surface area contributed by atoms with Gasteiger partial charge in [0.15, 0.2) is 0 Å². The van der Waals surface area contributed by atoms with Gasteiger partial charge in [-0.15, -0.1) is 0 Å². The van der Waals surface area contributed by atoms with Gasteiger partial charge in [0.05, 0.1) is 23.0 Å². The second-order valence-corrected chi connectivity index (χ2v) is 3.02. The van der Waals surface area contributed by atoms with Gasteiger partial charge in [0.25, 0.3) is 0 Å². The van der Waals surface area contributed by atoms with Gasteiger partial charge in [-0.3, -0.25) is 0 Å². The number of hydrogen-bond donors (Lipinski definition) is 1. The topological polar surface area (TPSA) is 25.0 Å². The highest BCUT2D eigenvalue weighted by atomic mass is 35.5. The molecule has 1 N–H and O–H groups in total. The molecule has 68 valence electrons. The molecule has 0 saturated carbocycles. The predicted molar refractivity (Wildman–Crippen MR) is 49.8 cm³/mol. The van der Waals surface area contributed by atoms with E-state index < -0.39 is 5.82 Å². The van der Waals surface area contributed by atoms with Crippen LogP contribution in [0.5, 0.6) is 5.75 Å². The largest absolute Gasteiger partial charge is 0.494 e. The van der Waals surface area contributed by atoms with E-state index in [2.05, 4.69) is 4.98 Å². The maximum absolute atomic E-state index is 13.0. The van der Waals surface area contributed by atoms with Crippen LogP contribution < -0.4 is 4.74 Å². The monoisotopic (exact) mass is 199 g/mol. The van der Waals surface area contributed by atoms with Crippen molar-refractivity contribution >= 4 is 22.5 Å². The fourth-order valence-corrected chi connectivity index (χ4v) is 1.55. The number of ether oxygens (including phenoxy) is 1. The molecule has 0 aliphatic heterocycles. The van der Waals surface area contributed by atoms with Crippen molar-refractivity contribution in [2.45, 2.75) is 0 Å². The Hall–Kier alpha value is -1.22. The van der Waals surface area contributed by atoms with Crippen molar-refractivity contribution in [2.24, 2.45) is 0 Å². The van der Waals surface area contributed by atoms with Gasteiger partial charge in [-0.05, 0) is 12.1 Å². The standard InChI is InChI=1S/C9H7ClFNO/c1-13-7-4-12-6-3-2-5(11)9(10)8(6)7/h2-4,12H,1H3. The van der Waals surface area contributed by atoms with Crippen molar-refractivity contribution in [2.75, 3.05) is 7.11 Å². The molecule has 0 saturated heterocycles. The highest BCUT2D eigenvalue weighted by molar-refractivity contribution is 6.36. The van der Waals surface area contributed by atoms with Crippen molar-refractivity contribution in [1.82, 2.24) is 4.98 Å². The first-order chi connectivity index (χ1) is 6.24. The summed E-state index contributed by atoms with van der Waals surface area (Å²) in [5.74, 6) is 0.117. The molecule has 1 aromatic heterocycles. The van der Waals surface area contributed by atoms with Crippen LogP contribution in [-0.4, -0.2) is 12.1 Å². The minimum Gasteiger partial charge on any atom is -0.494 e. The minimum atomic E-state index is -0.438. The van der Waals surface area contributed by atoms with Crippen LogP contribution in [-0.2, 0) is 0 Å². The highest BCUT2D eigenvalue weighted by Crippen LogP contribution is 2.33. The third-order valence-corrected chi connectivity index (χ3v) is 2.29. The third-order valence-electron chi connectivity index (χ3n) is 1.92. The van der Waals surface area contributed by atoms with Gasteiger partial charge in [0.1, 0.15) is 11.6 Å². The molecule has 0 unspecified atom stereocenters.